The van der Waals surface area contributed by atoms with E-state index in [1.54, 1.807) is 0 Å². The molecule has 0 rings (SSSR count). The van der Waals surface area contributed by atoms with Gasteiger partial charge in [-0.1, -0.05) is 79.6 Å². The van der Waals surface area contributed by atoms with Gasteiger partial charge in [0.25, 0.3) is 0 Å². The zero-order valence-electron chi connectivity index (χ0n) is 2.89. The van der Waals surface area contributed by atoms with E-state index in [9.17, 15) is 0 Å². The molecule has 0 aromatic rings. The summed E-state index contributed by atoms with van der Waals surface area (Å²) in [6.07, 6.45) is 0. The molecule has 0 unspecified atom stereocenters. The van der Waals surface area contributed by atoms with Crippen LogP contribution in [-0.2, 0) is 0 Å². The van der Waals surface area contributed by atoms with Crippen LogP contribution in [0.2, 0.25) is 0 Å². The molecule has 0 nitrogen and oxygen atoms in total. The fourth-order valence-corrected chi connectivity index (χ4v) is 0. The molecule has 0 amide bonds. The summed E-state index contributed by atoms with van der Waals surface area (Å²) in [7, 11) is 0. The van der Waals surface area contributed by atoms with Crippen molar-refractivity contribution in [1.29, 1.82) is 0 Å². The highest BCUT2D eigenvalue weighted by molar-refractivity contribution is 9.42. The van der Waals surface area contributed by atoms with Crippen LogP contribution < -0.4 is 0 Å². The maximum absolute atomic E-state index is 3.25. The van der Waals surface area contributed by atoms with Gasteiger partial charge in [-0.3, -0.25) is 0 Å². The number of rotatable bonds is 0. The number of hydrogen-bond donors (Lipinski definition) is 0. The third-order valence-electron chi connectivity index (χ3n) is 0.214. The molecule has 0 N–H and O–H groups in total. The number of alkyl halides is 3. The first-order valence-electron chi connectivity index (χ1n) is 1.19. The van der Waals surface area contributed by atoms with Crippen LogP contribution in [0.4, 0.5) is 0 Å². The van der Waals surface area contributed by atoms with E-state index in [-0.39, 0.29) is 2.14 Å². The molecule has 7 heavy (non-hydrogen) atoms. The Bertz CT molecular complexity index is 51.6. The Labute approximate surface area is 84.4 Å². The summed E-state index contributed by atoms with van der Waals surface area (Å²) in [5.41, 5.74) is 0. The third-order valence-corrected chi connectivity index (χ3v) is 5.79. The Morgan fingerprint density at radius 1 is 1.00 bits per heavy atom. The van der Waals surface area contributed by atoms with E-state index < -0.39 is 0 Å². The summed E-state index contributed by atoms with van der Waals surface area (Å²) in [6, 6.07) is 0. The van der Waals surface area contributed by atoms with Crippen molar-refractivity contribution in [3.05, 3.63) is 3.74 Å². The molecule has 0 aliphatic rings. The molecule has 0 fully saturated rings. The molecule has 0 saturated carbocycles. The fourth-order valence-electron chi connectivity index (χ4n) is 0. The minimum Gasteiger partial charge on any atom is -0.0666 e. The fraction of sp³-hybridized carbons (Fsp3) is 0.500. The summed E-state index contributed by atoms with van der Waals surface area (Å²) >= 11 is 16.1. The van der Waals surface area contributed by atoms with Gasteiger partial charge in [0.05, 0.1) is 0 Å². The number of hydrogen-bond acceptors (Lipinski definition) is 0. The molecule has 1 radical (unpaired) electrons. The Morgan fingerprint density at radius 2 is 1.14 bits per heavy atom. The first kappa shape index (κ1) is 9.40. The molecular weight excluding hydrogens is 424 g/mol. The third kappa shape index (κ3) is 4.88. The molecule has 0 aliphatic heterocycles. The molecule has 0 bridgehead atoms. The van der Waals surface area contributed by atoms with Crippen molar-refractivity contribution in [2.24, 2.45) is 0 Å². The van der Waals surface area contributed by atoms with Crippen LogP contribution in [0.1, 0.15) is 0 Å². The predicted octanol–water partition coefficient (Wildman–Crippen LogP) is 4.10. The second kappa shape index (κ2) is 3.54. The largest absolute Gasteiger partial charge is 0.162 e. The summed E-state index contributed by atoms with van der Waals surface area (Å²) < 4.78 is 0.556. The highest BCUT2D eigenvalue weighted by Crippen LogP contribution is 2.48. The maximum atomic E-state index is 3.25. The normalized spacial score (nSPS) is 12.9. The van der Waals surface area contributed by atoms with Gasteiger partial charge in [0.2, 0.25) is 0 Å². The van der Waals surface area contributed by atoms with E-state index >= 15 is 0 Å². The van der Waals surface area contributed by atoms with Crippen LogP contribution in [0.3, 0.4) is 0 Å². The monoisotopic (exact) mass is 419 g/mol. The van der Waals surface area contributed by atoms with Crippen molar-refractivity contribution in [3.63, 3.8) is 0 Å². The molecule has 0 atom stereocenters. The highest BCUT2D eigenvalue weighted by Gasteiger charge is 2.26. The van der Waals surface area contributed by atoms with Crippen LogP contribution in [0.25, 0.3) is 0 Å². The van der Waals surface area contributed by atoms with E-state index in [2.05, 4.69) is 79.6 Å². The molecule has 43 valence electrons. The van der Waals surface area contributed by atoms with Crippen LogP contribution >= 0.6 is 79.6 Å². The predicted molar refractivity (Wildman–Crippen MR) is 50.6 cm³/mol. The lowest BCUT2D eigenvalue weighted by Crippen LogP contribution is -1.99. The van der Waals surface area contributed by atoms with Crippen molar-refractivity contribution in [3.8, 4) is 0 Å². The molecule has 0 heterocycles. The maximum Gasteiger partial charge on any atom is 0.162 e. The number of halogens is 5. The highest BCUT2D eigenvalue weighted by atomic mass is 80.0. The second-order valence-electron chi connectivity index (χ2n) is 0.758. The van der Waals surface area contributed by atoms with Crippen molar-refractivity contribution < 1.29 is 0 Å². The van der Waals surface area contributed by atoms with Gasteiger partial charge in [0, 0.05) is 0 Å². The molecule has 0 spiro atoms. The second-order valence-corrected chi connectivity index (χ2v) is 10.2. The first-order valence-corrected chi connectivity index (χ1v) is 5.16. The SMILES string of the molecule is Br[C](Br)C(Br)(Br)Br. The molecule has 0 aliphatic carbocycles. The van der Waals surface area contributed by atoms with Gasteiger partial charge >= 0.3 is 0 Å². The zero-order chi connectivity index (χ0) is 6.08. The molecular formula is C2Br5. The Hall–Kier alpha value is 2.40. The average molecular weight is 424 g/mol. The zero-order valence-corrected chi connectivity index (χ0v) is 10.8. The van der Waals surface area contributed by atoms with Gasteiger partial charge in [0.1, 0.15) is 3.74 Å². The van der Waals surface area contributed by atoms with Crippen molar-refractivity contribution >= 4 is 79.6 Å². The lowest BCUT2D eigenvalue weighted by Gasteiger charge is -2.10. The Morgan fingerprint density at radius 3 is 1.14 bits per heavy atom. The molecule has 0 aromatic heterocycles. The van der Waals surface area contributed by atoms with Gasteiger partial charge in [-0.25, -0.2) is 0 Å². The summed E-state index contributed by atoms with van der Waals surface area (Å²) in [4.78, 5) is 0. The minimum atomic E-state index is -0.312. The van der Waals surface area contributed by atoms with Gasteiger partial charge in [-0.2, -0.15) is 0 Å². The van der Waals surface area contributed by atoms with Gasteiger partial charge in [0.15, 0.2) is 2.14 Å². The first-order chi connectivity index (χ1) is 2.94. The lowest BCUT2D eigenvalue weighted by atomic mass is 11.0. The standard InChI is InChI=1S/C2Br5/c3-1(4)2(5,6)7. The summed E-state index contributed by atoms with van der Waals surface area (Å²) in [6.45, 7) is 0. The van der Waals surface area contributed by atoms with Crippen LogP contribution in [0, 0.1) is 3.74 Å². The van der Waals surface area contributed by atoms with Crippen LogP contribution in [-0.4, -0.2) is 2.14 Å². The molecule has 0 saturated heterocycles. The van der Waals surface area contributed by atoms with E-state index in [0.29, 0.717) is 0 Å². The molecule has 0 aromatic carbocycles. The Kier molecular flexibility index (Phi) is 4.75. The van der Waals surface area contributed by atoms with Crippen LogP contribution in [0.5, 0.6) is 0 Å². The van der Waals surface area contributed by atoms with Crippen molar-refractivity contribution in [1.82, 2.24) is 0 Å². The van der Waals surface area contributed by atoms with Gasteiger partial charge < -0.3 is 0 Å². The topological polar surface area (TPSA) is 0 Å². The Balaban J connectivity index is 3.54. The van der Waals surface area contributed by atoms with E-state index in [4.69, 9.17) is 0 Å². The average Bonchev–Trinajstić information content (AvgIpc) is 1.31. The van der Waals surface area contributed by atoms with E-state index in [0.717, 1.165) is 3.74 Å². The minimum absolute atomic E-state index is 0.312. The summed E-state index contributed by atoms with van der Waals surface area (Å²) in [5.74, 6) is 0. The van der Waals surface area contributed by atoms with Crippen molar-refractivity contribution in [2.45, 2.75) is 2.14 Å². The van der Waals surface area contributed by atoms with E-state index in [1.807, 2.05) is 0 Å². The lowest BCUT2D eigenvalue weighted by molar-refractivity contribution is 1.60. The van der Waals surface area contributed by atoms with Gasteiger partial charge in [-0.15, -0.1) is 0 Å². The molecule has 5 heteroatoms. The van der Waals surface area contributed by atoms with Crippen LogP contribution in [0.15, 0.2) is 0 Å². The van der Waals surface area contributed by atoms with Gasteiger partial charge in [-0.05, 0) is 0 Å². The van der Waals surface area contributed by atoms with Crippen molar-refractivity contribution in [2.75, 3.05) is 0 Å². The smallest absolute Gasteiger partial charge is 0.0666 e. The van der Waals surface area contributed by atoms with E-state index in [1.165, 1.54) is 0 Å². The quantitative estimate of drug-likeness (QED) is 0.515. The summed E-state index contributed by atoms with van der Waals surface area (Å²) in [5, 5.41) is 0.